The van der Waals surface area contributed by atoms with Crippen LogP contribution in [0.2, 0.25) is 0 Å². The van der Waals surface area contributed by atoms with Crippen LogP contribution >= 0.6 is 0 Å². The lowest BCUT2D eigenvalue weighted by Crippen LogP contribution is -2.20. The number of ether oxygens (including phenoxy) is 1. The normalized spacial score (nSPS) is 15.7. The summed E-state index contributed by atoms with van der Waals surface area (Å²) in [6.45, 7) is 4.00. The van der Waals surface area contributed by atoms with Crippen molar-refractivity contribution in [2.24, 2.45) is 5.92 Å². The monoisotopic (exact) mass is 318 g/mol. The maximum atomic E-state index is 14.0. The summed E-state index contributed by atoms with van der Waals surface area (Å²) in [5, 5.41) is 13.4. The van der Waals surface area contributed by atoms with Crippen molar-refractivity contribution < 1.29 is 19.0 Å². The minimum atomic E-state index is -1.25. The van der Waals surface area contributed by atoms with E-state index in [9.17, 15) is 9.18 Å². The van der Waals surface area contributed by atoms with Crippen LogP contribution in [0.3, 0.4) is 0 Å². The van der Waals surface area contributed by atoms with Crippen LogP contribution in [0, 0.1) is 18.7 Å². The first-order chi connectivity index (χ1) is 11.0. The van der Waals surface area contributed by atoms with Gasteiger partial charge in [-0.1, -0.05) is 6.07 Å². The summed E-state index contributed by atoms with van der Waals surface area (Å²) in [5.74, 6) is -1.42. The predicted molar refractivity (Wildman–Crippen MR) is 82.9 cm³/mol. The minimum absolute atomic E-state index is 0.275. The smallest absolute Gasteiger partial charge is 0.338 e. The molecular formula is C17H19FN2O3. The average molecular weight is 318 g/mol. The molecule has 1 aliphatic rings. The molecule has 1 aliphatic heterocycles. The van der Waals surface area contributed by atoms with Crippen LogP contribution in [0.1, 0.15) is 28.8 Å². The van der Waals surface area contributed by atoms with Crippen LogP contribution in [-0.4, -0.2) is 34.1 Å². The Labute approximate surface area is 133 Å². The van der Waals surface area contributed by atoms with Crippen LogP contribution in [0.5, 0.6) is 0 Å². The van der Waals surface area contributed by atoms with E-state index in [0.717, 1.165) is 38.2 Å². The summed E-state index contributed by atoms with van der Waals surface area (Å²) in [7, 11) is 0. The van der Waals surface area contributed by atoms with Crippen molar-refractivity contribution >= 4 is 5.97 Å². The third-order valence-corrected chi connectivity index (χ3v) is 4.25. The molecule has 0 radical (unpaired) electrons. The maximum absolute atomic E-state index is 14.0. The number of aryl methyl sites for hydroxylation is 1. The fourth-order valence-corrected chi connectivity index (χ4v) is 2.99. The number of carbonyl (C=O) groups is 1. The lowest BCUT2D eigenvalue weighted by Gasteiger charge is -2.21. The second-order valence-electron chi connectivity index (χ2n) is 5.96. The first kappa shape index (κ1) is 15.7. The van der Waals surface area contributed by atoms with Gasteiger partial charge in [0.2, 0.25) is 0 Å². The Morgan fingerprint density at radius 2 is 2.13 bits per heavy atom. The number of carboxylic acids is 1. The van der Waals surface area contributed by atoms with E-state index in [-0.39, 0.29) is 5.56 Å². The van der Waals surface area contributed by atoms with Gasteiger partial charge in [0.25, 0.3) is 0 Å². The molecule has 2 aromatic rings. The molecule has 1 aromatic carbocycles. The first-order valence-corrected chi connectivity index (χ1v) is 7.68. The minimum Gasteiger partial charge on any atom is -0.478 e. The zero-order valence-electron chi connectivity index (χ0n) is 13.0. The van der Waals surface area contributed by atoms with E-state index in [2.05, 4.69) is 5.10 Å². The summed E-state index contributed by atoms with van der Waals surface area (Å²) in [4.78, 5) is 11.0. The van der Waals surface area contributed by atoms with Gasteiger partial charge in [-0.05, 0) is 42.9 Å². The molecule has 1 saturated heterocycles. The Hall–Kier alpha value is -2.21. The van der Waals surface area contributed by atoms with Crippen LogP contribution < -0.4 is 0 Å². The second-order valence-corrected chi connectivity index (χ2v) is 5.96. The highest BCUT2D eigenvalue weighted by atomic mass is 19.1. The number of hydrogen-bond acceptors (Lipinski definition) is 3. The number of aromatic nitrogens is 2. The standard InChI is InChI=1S/C17H19FN2O3/c1-11-6-13(7-15(18)16(11)17(21)22)14-8-19-20(10-14)9-12-2-4-23-5-3-12/h6-8,10,12H,2-5,9H2,1H3,(H,21,22). The number of nitrogens with zero attached hydrogens (tertiary/aromatic N) is 2. The summed E-state index contributed by atoms with van der Waals surface area (Å²) in [6, 6.07) is 2.94. The quantitative estimate of drug-likeness (QED) is 0.940. The summed E-state index contributed by atoms with van der Waals surface area (Å²) in [6.07, 6.45) is 5.62. The maximum Gasteiger partial charge on any atom is 0.338 e. The average Bonchev–Trinajstić information content (AvgIpc) is 2.95. The molecule has 0 unspecified atom stereocenters. The topological polar surface area (TPSA) is 64.4 Å². The van der Waals surface area contributed by atoms with E-state index in [1.165, 1.54) is 6.07 Å². The molecule has 0 saturated carbocycles. The van der Waals surface area contributed by atoms with Gasteiger partial charge in [-0.15, -0.1) is 0 Å². The van der Waals surface area contributed by atoms with Crippen LogP contribution in [0.25, 0.3) is 11.1 Å². The van der Waals surface area contributed by atoms with E-state index in [1.807, 2.05) is 10.9 Å². The molecule has 5 nitrogen and oxygen atoms in total. The van der Waals surface area contributed by atoms with E-state index >= 15 is 0 Å². The Balaban J connectivity index is 1.81. The summed E-state index contributed by atoms with van der Waals surface area (Å²) in [5.41, 5.74) is 1.56. The number of halogens is 1. The van der Waals surface area contributed by atoms with Crippen molar-refractivity contribution in [3.8, 4) is 11.1 Å². The van der Waals surface area contributed by atoms with E-state index < -0.39 is 11.8 Å². The van der Waals surface area contributed by atoms with E-state index in [1.54, 1.807) is 19.2 Å². The summed E-state index contributed by atoms with van der Waals surface area (Å²) >= 11 is 0. The lowest BCUT2D eigenvalue weighted by atomic mass is 10.0. The molecule has 1 aromatic heterocycles. The molecular weight excluding hydrogens is 299 g/mol. The number of benzene rings is 1. The van der Waals surface area contributed by atoms with Crippen molar-refractivity contribution in [1.29, 1.82) is 0 Å². The molecule has 2 heterocycles. The van der Waals surface area contributed by atoms with Gasteiger partial charge < -0.3 is 9.84 Å². The van der Waals surface area contributed by atoms with Gasteiger partial charge in [0, 0.05) is 31.5 Å². The van der Waals surface area contributed by atoms with Crippen molar-refractivity contribution in [1.82, 2.24) is 9.78 Å². The van der Waals surface area contributed by atoms with Gasteiger partial charge >= 0.3 is 5.97 Å². The molecule has 0 bridgehead atoms. The lowest BCUT2D eigenvalue weighted by molar-refractivity contribution is 0.0601. The Bertz CT molecular complexity index is 697. The van der Waals surface area contributed by atoms with Crippen molar-refractivity contribution in [2.75, 3.05) is 13.2 Å². The summed E-state index contributed by atoms with van der Waals surface area (Å²) < 4.78 is 21.2. The van der Waals surface area contributed by atoms with Gasteiger partial charge in [0.1, 0.15) is 5.82 Å². The van der Waals surface area contributed by atoms with Crippen molar-refractivity contribution in [3.63, 3.8) is 0 Å². The highest BCUT2D eigenvalue weighted by molar-refractivity contribution is 5.90. The third-order valence-electron chi connectivity index (χ3n) is 4.25. The zero-order valence-corrected chi connectivity index (χ0v) is 13.0. The number of hydrogen-bond donors (Lipinski definition) is 1. The van der Waals surface area contributed by atoms with Gasteiger partial charge in [0.15, 0.2) is 0 Å². The van der Waals surface area contributed by atoms with Crippen LogP contribution in [0.4, 0.5) is 4.39 Å². The first-order valence-electron chi connectivity index (χ1n) is 7.68. The molecule has 0 aliphatic carbocycles. The van der Waals surface area contributed by atoms with Gasteiger partial charge in [-0.25, -0.2) is 9.18 Å². The predicted octanol–water partition coefficient (Wildman–Crippen LogP) is 3.12. The number of rotatable bonds is 4. The van der Waals surface area contributed by atoms with Gasteiger partial charge in [-0.3, -0.25) is 4.68 Å². The number of carboxylic acid groups (broad SMARTS) is 1. The second kappa shape index (κ2) is 6.50. The highest BCUT2D eigenvalue weighted by Gasteiger charge is 2.17. The number of aromatic carboxylic acids is 1. The molecule has 0 atom stereocenters. The fourth-order valence-electron chi connectivity index (χ4n) is 2.99. The molecule has 122 valence electrons. The van der Waals surface area contributed by atoms with Crippen molar-refractivity contribution in [3.05, 3.63) is 41.5 Å². The molecule has 1 fully saturated rings. The van der Waals surface area contributed by atoms with E-state index in [4.69, 9.17) is 9.84 Å². The van der Waals surface area contributed by atoms with Crippen LogP contribution in [0.15, 0.2) is 24.5 Å². The van der Waals surface area contributed by atoms with Gasteiger partial charge in [0.05, 0.1) is 11.8 Å². The molecule has 6 heteroatoms. The molecule has 23 heavy (non-hydrogen) atoms. The van der Waals surface area contributed by atoms with Crippen LogP contribution in [-0.2, 0) is 11.3 Å². The Morgan fingerprint density at radius 3 is 2.78 bits per heavy atom. The van der Waals surface area contributed by atoms with E-state index in [0.29, 0.717) is 17.0 Å². The molecule has 3 rings (SSSR count). The highest BCUT2D eigenvalue weighted by Crippen LogP contribution is 2.25. The Morgan fingerprint density at radius 1 is 1.39 bits per heavy atom. The fraction of sp³-hybridized carbons (Fsp3) is 0.412. The molecule has 0 amide bonds. The third kappa shape index (κ3) is 3.42. The SMILES string of the molecule is Cc1cc(-c2cnn(CC3CCOCC3)c2)cc(F)c1C(=O)O. The zero-order chi connectivity index (χ0) is 16.4. The largest absolute Gasteiger partial charge is 0.478 e. The molecule has 0 spiro atoms. The van der Waals surface area contributed by atoms with Gasteiger partial charge in [-0.2, -0.15) is 5.10 Å². The van der Waals surface area contributed by atoms with Crippen molar-refractivity contribution in [2.45, 2.75) is 26.3 Å². The molecule has 1 N–H and O–H groups in total. The Kier molecular flexibility index (Phi) is 4.43.